The largest absolute Gasteiger partial charge is 0.490 e. The normalized spacial score (nSPS) is 21.6. The Hall–Kier alpha value is -2.95. The quantitative estimate of drug-likeness (QED) is 0.444. The monoisotopic (exact) mass is 587 g/mol. The zero-order valence-electron chi connectivity index (χ0n) is 20.4. The Morgan fingerprint density at radius 1 is 1.10 bits per heavy atom. The molecule has 39 heavy (non-hydrogen) atoms. The lowest BCUT2D eigenvalue weighted by atomic mass is 9.94. The summed E-state index contributed by atoms with van der Waals surface area (Å²) < 4.78 is 75.7. The predicted octanol–water partition coefficient (Wildman–Crippen LogP) is 4.13. The van der Waals surface area contributed by atoms with Gasteiger partial charge in [0.15, 0.2) is 0 Å². The molecule has 0 amide bonds. The highest BCUT2D eigenvalue weighted by atomic mass is 32.1. The van der Waals surface area contributed by atoms with Crippen molar-refractivity contribution in [1.82, 2.24) is 9.88 Å². The number of hydrogen-bond donors (Lipinski definition) is 3. The number of nitrogens with zero attached hydrogens (tertiary/aromatic N) is 2. The summed E-state index contributed by atoms with van der Waals surface area (Å²) >= 11 is 1.82. The average Bonchev–Trinajstić information content (AvgIpc) is 3.46. The molecule has 4 rings (SSSR count). The molecule has 218 valence electrons. The molecule has 2 aromatic heterocycles. The van der Waals surface area contributed by atoms with E-state index in [1.165, 1.54) is 4.88 Å². The minimum Gasteiger partial charge on any atom is -0.475 e. The molecule has 2 aliphatic heterocycles. The van der Waals surface area contributed by atoms with Crippen LogP contribution in [0.4, 0.5) is 32.2 Å². The van der Waals surface area contributed by atoms with Crippen molar-refractivity contribution in [1.29, 1.82) is 0 Å². The molecule has 2 aromatic rings. The Morgan fingerprint density at radius 3 is 2.31 bits per heavy atom. The summed E-state index contributed by atoms with van der Waals surface area (Å²) in [5.74, 6) is -4.09. The van der Waals surface area contributed by atoms with Crippen LogP contribution < -0.4 is 5.32 Å². The van der Waals surface area contributed by atoms with E-state index >= 15 is 0 Å². The maximum atomic E-state index is 10.6. The number of hydrogen-bond acceptors (Lipinski definition) is 8. The maximum absolute atomic E-state index is 10.6. The van der Waals surface area contributed by atoms with Gasteiger partial charge in [-0.1, -0.05) is 12.1 Å². The molecular weight excluding hydrogens is 560 g/mol. The van der Waals surface area contributed by atoms with Crippen molar-refractivity contribution in [2.45, 2.75) is 30.9 Å². The van der Waals surface area contributed by atoms with Crippen LogP contribution in [0.25, 0.3) is 0 Å². The number of alkyl halides is 6. The number of aromatic nitrogens is 1. The summed E-state index contributed by atoms with van der Waals surface area (Å²) in [6.45, 7) is 6.08. The molecule has 0 radical (unpaired) electrons. The summed E-state index contributed by atoms with van der Waals surface area (Å²) in [5, 5.41) is 19.8. The van der Waals surface area contributed by atoms with Gasteiger partial charge in [-0.3, -0.25) is 4.90 Å². The second-order valence-corrected chi connectivity index (χ2v) is 9.64. The topological polar surface area (TPSA) is 121 Å². The molecular formula is C23H27F6N3O6S. The van der Waals surface area contributed by atoms with Gasteiger partial charge in [0, 0.05) is 43.2 Å². The van der Waals surface area contributed by atoms with E-state index in [2.05, 4.69) is 32.7 Å². The van der Waals surface area contributed by atoms with Crippen LogP contribution in [0.5, 0.6) is 0 Å². The third-order valence-electron chi connectivity index (χ3n) is 5.40. The van der Waals surface area contributed by atoms with E-state index < -0.39 is 24.3 Å². The molecule has 0 bridgehead atoms. The van der Waals surface area contributed by atoms with Gasteiger partial charge in [-0.05, 0) is 30.0 Å². The highest BCUT2D eigenvalue weighted by molar-refractivity contribution is 7.09. The average molecular weight is 588 g/mol. The van der Waals surface area contributed by atoms with Gasteiger partial charge < -0.3 is 25.0 Å². The zero-order valence-corrected chi connectivity index (χ0v) is 21.2. The van der Waals surface area contributed by atoms with E-state index in [0.29, 0.717) is 12.5 Å². The van der Waals surface area contributed by atoms with Gasteiger partial charge in [0.25, 0.3) is 0 Å². The van der Waals surface area contributed by atoms with Gasteiger partial charge in [-0.15, -0.1) is 11.3 Å². The first-order chi connectivity index (χ1) is 18.2. The van der Waals surface area contributed by atoms with Crippen LogP contribution in [0.3, 0.4) is 0 Å². The molecule has 2 unspecified atom stereocenters. The smallest absolute Gasteiger partial charge is 0.475 e. The SMILES string of the molecule is O=C(O)C(F)(F)F.O=C(O)C(F)(F)F.c1ccc(NCC2COC3(COCCN(Cc4cccs4)C3)C2)nc1. The number of ether oxygens (including phenoxy) is 2. The maximum Gasteiger partial charge on any atom is 0.490 e. The van der Waals surface area contributed by atoms with Crippen molar-refractivity contribution in [2.24, 2.45) is 5.92 Å². The van der Waals surface area contributed by atoms with E-state index in [9.17, 15) is 26.3 Å². The molecule has 16 heteroatoms. The van der Waals surface area contributed by atoms with Crippen molar-refractivity contribution in [3.63, 3.8) is 0 Å². The lowest BCUT2D eigenvalue weighted by molar-refractivity contribution is -0.193. The molecule has 0 saturated carbocycles. The minimum atomic E-state index is -5.08. The third kappa shape index (κ3) is 11.8. The first kappa shape index (κ1) is 32.3. The summed E-state index contributed by atoms with van der Waals surface area (Å²) in [7, 11) is 0. The highest BCUT2D eigenvalue weighted by Gasteiger charge is 2.43. The molecule has 9 nitrogen and oxygen atoms in total. The van der Waals surface area contributed by atoms with Crippen molar-refractivity contribution in [2.75, 3.05) is 44.8 Å². The van der Waals surface area contributed by atoms with Crippen LogP contribution in [0.15, 0.2) is 41.9 Å². The van der Waals surface area contributed by atoms with Gasteiger partial charge in [0.1, 0.15) is 11.4 Å². The minimum absolute atomic E-state index is 0.162. The summed E-state index contributed by atoms with van der Waals surface area (Å²) in [6, 6.07) is 10.3. The van der Waals surface area contributed by atoms with Crippen molar-refractivity contribution in [3.8, 4) is 0 Å². The Morgan fingerprint density at radius 2 is 1.77 bits per heavy atom. The first-order valence-electron chi connectivity index (χ1n) is 11.4. The number of nitrogens with one attached hydrogen (secondary N) is 1. The second-order valence-electron chi connectivity index (χ2n) is 8.61. The Bertz CT molecular complexity index is 1000. The van der Waals surface area contributed by atoms with E-state index in [0.717, 1.165) is 51.6 Å². The fraction of sp³-hybridized carbons (Fsp3) is 0.522. The number of carboxylic acids is 2. The summed E-state index contributed by atoms with van der Waals surface area (Å²) in [6.07, 6.45) is -7.32. The van der Waals surface area contributed by atoms with Crippen molar-refractivity contribution >= 4 is 29.1 Å². The van der Waals surface area contributed by atoms with E-state index in [-0.39, 0.29) is 5.60 Å². The number of thiophene rings is 1. The summed E-state index contributed by atoms with van der Waals surface area (Å²) in [5.41, 5.74) is -0.162. The number of anilines is 1. The lowest BCUT2D eigenvalue weighted by Gasteiger charge is -2.31. The van der Waals surface area contributed by atoms with Crippen molar-refractivity contribution in [3.05, 3.63) is 46.8 Å². The van der Waals surface area contributed by atoms with Gasteiger partial charge >= 0.3 is 24.3 Å². The number of halogens is 6. The number of rotatable bonds is 5. The molecule has 2 aliphatic rings. The molecule has 4 heterocycles. The Labute approximate surface area is 223 Å². The molecule has 0 aromatic carbocycles. The van der Waals surface area contributed by atoms with Crippen molar-refractivity contribution < 1.29 is 55.6 Å². The second kappa shape index (κ2) is 14.4. The standard InChI is InChI=1S/C19H25N3O2S.2C2HF3O2/c1-2-6-20-18(5-1)21-11-16-10-19(24-13-16)14-22(7-8-23-15-19)12-17-4-3-9-25-17;2*3-2(4,5)1(6)7/h1-6,9,16H,7-8,10-15H2,(H,20,21);2*(H,6,7). The molecule has 2 fully saturated rings. The van der Waals surface area contributed by atoms with Crippen LogP contribution in [-0.2, 0) is 25.6 Å². The highest BCUT2D eigenvalue weighted by Crippen LogP contribution is 2.33. The fourth-order valence-corrected chi connectivity index (χ4v) is 4.48. The van der Waals surface area contributed by atoms with Crippen LogP contribution >= 0.6 is 11.3 Å². The van der Waals surface area contributed by atoms with Crippen LogP contribution in [-0.4, -0.2) is 89.4 Å². The van der Waals surface area contributed by atoms with E-state index in [1.54, 1.807) is 0 Å². The van der Waals surface area contributed by atoms with Gasteiger partial charge in [0.2, 0.25) is 0 Å². The van der Waals surface area contributed by atoms with Crippen LogP contribution in [0, 0.1) is 5.92 Å². The van der Waals surface area contributed by atoms with Gasteiger partial charge in [-0.2, -0.15) is 26.3 Å². The molecule has 2 atom stereocenters. The predicted molar refractivity (Wildman–Crippen MR) is 127 cm³/mol. The molecule has 0 aliphatic carbocycles. The summed E-state index contributed by atoms with van der Waals surface area (Å²) in [4.78, 5) is 26.0. The number of carbonyl (C=O) groups is 2. The van der Waals surface area contributed by atoms with Crippen LogP contribution in [0.2, 0.25) is 0 Å². The van der Waals surface area contributed by atoms with Gasteiger partial charge in [-0.25, -0.2) is 14.6 Å². The number of carboxylic acid groups (broad SMARTS) is 2. The number of aliphatic carboxylic acids is 2. The molecule has 3 N–H and O–H groups in total. The third-order valence-corrected chi connectivity index (χ3v) is 6.26. The molecule has 1 spiro atoms. The Balaban J connectivity index is 0.000000317. The van der Waals surface area contributed by atoms with Gasteiger partial charge in [0.05, 0.1) is 19.8 Å². The first-order valence-corrected chi connectivity index (χ1v) is 12.3. The zero-order chi connectivity index (χ0) is 29.1. The molecule has 2 saturated heterocycles. The van der Waals surface area contributed by atoms with E-state index in [1.807, 2.05) is 35.7 Å². The van der Waals surface area contributed by atoms with Crippen LogP contribution in [0.1, 0.15) is 11.3 Å². The lowest BCUT2D eigenvalue weighted by Crippen LogP contribution is -2.43. The Kier molecular flexibility index (Phi) is 11.9. The fourth-order valence-electron chi connectivity index (χ4n) is 3.74. The van der Waals surface area contributed by atoms with E-state index in [4.69, 9.17) is 29.3 Å². The number of pyridine rings is 1.